The number of nitrogens with zero attached hydrogens (tertiary/aromatic N) is 1. The van der Waals surface area contributed by atoms with Gasteiger partial charge in [0.2, 0.25) is 5.91 Å². The molecule has 0 bridgehead atoms. The third-order valence-electron chi connectivity index (χ3n) is 4.43. The first-order valence-electron chi connectivity index (χ1n) is 8.04. The lowest BCUT2D eigenvalue weighted by molar-refractivity contribution is -0.120. The Morgan fingerprint density at radius 3 is 2.38 bits per heavy atom. The van der Waals surface area contributed by atoms with Crippen LogP contribution in [-0.2, 0) is 17.8 Å². The van der Waals surface area contributed by atoms with Gasteiger partial charge < -0.3 is 0 Å². The van der Waals surface area contributed by atoms with Crippen LogP contribution in [0, 0.1) is 0 Å². The third kappa shape index (κ3) is 4.83. The van der Waals surface area contributed by atoms with E-state index in [4.69, 9.17) is 5.84 Å². The summed E-state index contributed by atoms with van der Waals surface area (Å²) in [4.78, 5) is 13.8. The summed E-state index contributed by atoms with van der Waals surface area (Å²) < 4.78 is 0. The average Bonchev–Trinajstić information content (AvgIpc) is 2.54. The van der Waals surface area contributed by atoms with Gasteiger partial charge in [-0.25, -0.2) is 5.84 Å². The summed E-state index contributed by atoms with van der Waals surface area (Å²) in [5.41, 5.74) is 4.49. The van der Waals surface area contributed by atoms with Gasteiger partial charge in [0.1, 0.15) is 0 Å². The first kappa shape index (κ1) is 16.0. The molecule has 0 saturated heterocycles. The van der Waals surface area contributed by atoms with Gasteiger partial charge in [-0.2, -0.15) is 0 Å². The van der Waals surface area contributed by atoms with Crippen LogP contribution in [0.1, 0.15) is 50.2 Å². The molecule has 3 N–H and O–H groups in total. The molecule has 1 aromatic carbocycles. The molecule has 21 heavy (non-hydrogen) atoms. The molecule has 116 valence electrons. The molecule has 0 atom stereocenters. The number of hydrogen-bond donors (Lipinski definition) is 2. The fraction of sp³-hybridized carbons (Fsp3) is 0.588. The minimum atomic E-state index is -0.153. The zero-order valence-corrected chi connectivity index (χ0v) is 13.0. The van der Waals surface area contributed by atoms with Gasteiger partial charge in [-0.1, -0.05) is 50.5 Å². The molecule has 4 heteroatoms. The van der Waals surface area contributed by atoms with Crippen molar-refractivity contribution in [2.45, 2.75) is 58.0 Å². The molecule has 2 rings (SSSR count). The van der Waals surface area contributed by atoms with Gasteiger partial charge in [0, 0.05) is 12.6 Å². The number of carbonyl (C=O) groups is 1. The number of hydrogen-bond acceptors (Lipinski definition) is 3. The summed E-state index contributed by atoms with van der Waals surface area (Å²) in [7, 11) is 0. The molecule has 1 saturated carbocycles. The van der Waals surface area contributed by atoms with Crippen LogP contribution < -0.4 is 11.3 Å². The normalized spacial score (nSPS) is 16.1. The highest BCUT2D eigenvalue weighted by atomic mass is 16.2. The third-order valence-corrected chi connectivity index (χ3v) is 4.43. The van der Waals surface area contributed by atoms with Crippen molar-refractivity contribution in [2.24, 2.45) is 5.84 Å². The molecule has 0 unspecified atom stereocenters. The second-order valence-electron chi connectivity index (χ2n) is 5.92. The Morgan fingerprint density at radius 1 is 1.19 bits per heavy atom. The number of benzene rings is 1. The van der Waals surface area contributed by atoms with Crippen molar-refractivity contribution in [3.8, 4) is 0 Å². The Kier molecular flexibility index (Phi) is 6.21. The molecule has 0 heterocycles. The molecule has 1 aliphatic carbocycles. The zero-order valence-electron chi connectivity index (χ0n) is 13.0. The van der Waals surface area contributed by atoms with Crippen LogP contribution in [0.3, 0.4) is 0 Å². The predicted octanol–water partition coefficient (Wildman–Crippen LogP) is 2.37. The van der Waals surface area contributed by atoms with Crippen LogP contribution >= 0.6 is 0 Å². The van der Waals surface area contributed by atoms with Crippen molar-refractivity contribution in [1.29, 1.82) is 0 Å². The Balaban J connectivity index is 1.93. The van der Waals surface area contributed by atoms with E-state index < -0.39 is 0 Å². The predicted molar refractivity (Wildman–Crippen MR) is 85.4 cm³/mol. The standard InChI is InChI=1S/C17H27N3O/c1-2-20(16-6-4-3-5-7-16)13-15-10-8-14(9-11-15)12-17(21)19-18/h8-11,16H,2-7,12-13,18H2,1H3,(H,19,21). The fourth-order valence-electron chi connectivity index (χ4n) is 3.18. The molecular weight excluding hydrogens is 262 g/mol. The van der Waals surface area contributed by atoms with E-state index in [0.717, 1.165) is 24.7 Å². The maximum absolute atomic E-state index is 11.3. The highest BCUT2D eigenvalue weighted by molar-refractivity contribution is 5.77. The molecule has 0 radical (unpaired) electrons. The topological polar surface area (TPSA) is 58.4 Å². The van der Waals surface area contributed by atoms with Crippen LogP contribution in [0.25, 0.3) is 0 Å². The second kappa shape index (κ2) is 8.15. The maximum atomic E-state index is 11.3. The molecule has 1 aromatic rings. The number of hydrazine groups is 1. The van der Waals surface area contributed by atoms with Crippen LogP contribution in [0.5, 0.6) is 0 Å². The minimum absolute atomic E-state index is 0.153. The van der Waals surface area contributed by atoms with Gasteiger partial charge in [0.15, 0.2) is 0 Å². The molecule has 0 aliphatic heterocycles. The van der Waals surface area contributed by atoms with E-state index in [1.807, 2.05) is 12.1 Å². The number of amides is 1. The molecule has 1 fully saturated rings. The van der Waals surface area contributed by atoms with Gasteiger partial charge in [-0.15, -0.1) is 0 Å². The van der Waals surface area contributed by atoms with Crippen LogP contribution in [0.2, 0.25) is 0 Å². The van der Waals surface area contributed by atoms with Gasteiger partial charge in [0.25, 0.3) is 0 Å². The minimum Gasteiger partial charge on any atom is -0.296 e. The summed E-state index contributed by atoms with van der Waals surface area (Å²) in [5.74, 6) is 4.96. The van der Waals surface area contributed by atoms with E-state index in [1.54, 1.807) is 0 Å². The Labute approximate surface area is 127 Å². The smallest absolute Gasteiger partial charge is 0.238 e. The number of nitrogens with one attached hydrogen (secondary N) is 1. The van der Waals surface area contributed by atoms with Crippen LogP contribution in [0.4, 0.5) is 0 Å². The van der Waals surface area contributed by atoms with Crippen molar-refractivity contribution in [2.75, 3.05) is 6.54 Å². The van der Waals surface area contributed by atoms with Crippen LogP contribution in [-0.4, -0.2) is 23.4 Å². The van der Waals surface area contributed by atoms with Gasteiger partial charge in [-0.3, -0.25) is 15.1 Å². The van der Waals surface area contributed by atoms with E-state index in [-0.39, 0.29) is 5.91 Å². The molecule has 0 spiro atoms. The SMILES string of the molecule is CCN(Cc1ccc(CC(=O)NN)cc1)C1CCCCC1. The monoisotopic (exact) mass is 289 g/mol. The lowest BCUT2D eigenvalue weighted by Gasteiger charge is -2.33. The molecule has 1 amide bonds. The van der Waals surface area contributed by atoms with E-state index in [0.29, 0.717) is 6.42 Å². The Bertz CT molecular complexity index is 438. The number of carbonyl (C=O) groups excluding carboxylic acids is 1. The van der Waals surface area contributed by atoms with Crippen molar-refractivity contribution < 1.29 is 4.79 Å². The van der Waals surface area contributed by atoms with Crippen molar-refractivity contribution in [1.82, 2.24) is 10.3 Å². The Hall–Kier alpha value is -1.39. The van der Waals surface area contributed by atoms with Gasteiger partial charge in [-0.05, 0) is 30.5 Å². The van der Waals surface area contributed by atoms with E-state index in [2.05, 4.69) is 29.4 Å². The molecular formula is C17H27N3O. The molecule has 0 aromatic heterocycles. The lowest BCUT2D eigenvalue weighted by atomic mass is 9.94. The fourth-order valence-corrected chi connectivity index (χ4v) is 3.18. The first-order valence-corrected chi connectivity index (χ1v) is 8.04. The molecule has 4 nitrogen and oxygen atoms in total. The maximum Gasteiger partial charge on any atom is 0.238 e. The largest absolute Gasteiger partial charge is 0.296 e. The molecule has 1 aliphatic rings. The van der Waals surface area contributed by atoms with Gasteiger partial charge in [0.05, 0.1) is 6.42 Å². The second-order valence-corrected chi connectivity index (χ2v) is 5.92. The summed E-state index contributed by atoms with van der Waals surface area (Å²) in [6, 6.07) is 9.06. The summed E-state index contributed by atoms with van der Waals surface area (Å²) >= 11 is 0. The first-order chi connectivity index (χ1) is 10.2. The zero-order chi connectivity index (χ0) is 15.1. The average molecular weight is 289 g/mol. The lowest BCUT2D eigenvalue weighted by Crippen LogP contribution is -2.36. The van der Waals surface area contributed by atoms with E-state index in [9.17, 15) is 4.79 Å². The summed E-state index contributed by atoms with van der Waals surface area (Å²) in [6.07, 6.45) is 7.15. The summed E-state index contributed by atoms with van der Waals surface area (Å²) in [5, 5.41) is 0. The highest BCUT2D eigenvalue weighted by Gasteiger charge is 2.19. The Morgan fingerprint density at radius 2 is 1.81 bits per heavy atom. The summed E-state index contributed by atoms with van der Waals surface area (Å²) in [6.45, 7) is 4.35. The van der Waals surface area contributed by atoms with E-state index >= 15 is 0 Å². The number of nitrogens with two attached hydrogens (primary N) is 1. The van der Waals surface area contributed by atoms with Gasteiger partial charge >= 0.3 is 0 Å². The van der Waals surface area contributed by atoms with E-state index in [1.165, 1.54) is 37.7 Å². The number of rotatable bonds is 6. The highest BCUT2D eigenvalue weighted by Crippen LogP contribution is 2.23. The quantitative estimate of drug-likeness (QED) is 0.480. The van der Waals surface area contributed by atoms with Crippen LogP contribution in [0.15, 0.2) is 24.3 Å². The van der Waals surface area contributed by atoms with Crippen molar-refractivity contribution in [3.05, 3.63) is 35.4 Å². The van der Waals surface area contributed by atoms with Crippen molar-refractivity contribution in [3.63, 3.8) is 0 Å². The van der Waals surface area contributed by atoms with Crippen molar-refractivity contribution >= 4 is 5.91 Å².